The number of hydrogen-bond donors (Lipinski definition) is 1. The normalized spacial score (nSPS) is 19.4. The van der Waals surface area contributed by atoms with E-state index in [4.69, 9.17) is 14.3 Å². The Hall–Kier alpha value is -0.910. The van der Waals surface area contributed by atoms with E-state index in [1.807, 2.05) is 6.92 Å². The fourth-order valence-electron chi connectivity index (χ4n) is 1.84. The van der Waals surface area contributed by atoms with Gasteiger partial charge in [-0.2, -0.15) is 0 Å². The summed E-state index contributed by atoms with van der Waals surface area (Å²) in [4.78, 5) is 6.58. The van der Waals surface area contributed by atoms with E-state index in [2.05, 4.69) is 9.88 Å². The Bertz CT molecular complexity index is 334. The largest absolute Gasteiger partial charge is 0.445 e. The Balaban J connectivity index is 1.80. The Morgan fingerprint density at radius 2 is 2.24 bits per heavy atom. The van der Waals surface area contributed by atoms with Gasteiger partial charge in [-0.15, -0.1) is 0 Å². The van der Waals surface area contributed by atoms with Crippen LogP contribution in [0.4, 0.5) is 0 Å². The molecule has 1 atom stereocenters. The molecule has 0 aromatic carbocycles. The first-order valence-corrected chi connectivity index (χ1v) is 6.15. The van der Waals surface area contributed by atoms with E-state index in [9.17, 15) is 0 Å². The molecular formula is C12H20N2O3. The summed E-state index contributed by atoms with van der Waals surface area (Å²) >= 11 is 0. The van der Waals surface area contributed by atoms with Gasteiger partial charge in [-0.05, 0) is 0 Å². The molecule has 1 N–H and O–H groups in total. The molecule has 0 bridgehead atoms. The maximum absolute atomic E-state index is 9.02. The van der Waals surface area contributed by atoms with E-state index >= 15 is 0 Å². The van der Waals surface area contributed by atoms with Gasteiger partial charge in [-0.1, -0.05) is 6.92 Å². The number of nitrogens with zero attached hydrogens (tertiary/aromatic N) is 2. The number of aliphatic hydroxyl groups is 1. The van der Waals surface area contributed by atoms with Crippen LogP contribution in [0, 0.1) is 0 Å². The zero-order chi connectivity index (χ0) is 12.1. The van der Waals surface area contributed by atoms with Crippen molar-refractivity contribution < 1.29 is 14.3 Å². The number of morpholine rings is 1. The fourth-order valence-corrected chi connectivity index (χ4v) is 1.84. The van der Waals surface area contributed by atoms with Gasteiger partial charge >= 0.3 is 0 Å². The molecule has 96 valence electrons. The van der Waals surface area contributed by atoms with Gasteiger partial charge in [-0.25, -0.2) is 4.98 Å². The molecule has 2 heterocycles. The summed E-state index contributed by atoms with van der Waals surface area (Å²) in [5.74, 6) is 1.55. The molecule has 17 heavy (non-hydrogen) atoms. The second-order valence-corrected chi connectivity index (χ2v) is 4.44. The summed E-state index contributed by atoms with van der Waals surface area (Å²) in [5.41, 5.74) is 0. The molecule has 1 fully saturated rings. The van der Waals surface area contributed by atoms with E-state index in [-0.39, 0.29) is 12.5 Å². The molecule has 0 saturated carbocycles. The SMILES string of the molecule is CC(CO)c1cnc(CCN2CCOCC2)o1. The Morgan fingerprint density at radius 3 is 2.94 bits per heavy atom. The molecule has 0 aliphatic carbocycles. The summed E-state index contributed by atoms with van der Waals surface area (Å²) in [6.45, 7) is 6.58. The predicted octanol–water partition coefficient (Wildman–Crippen LogP) is 0.645. The van der Waals surface area contributed by atoms with Crippen LogP contribution in [-0.4, -0.2) is 54.4 Å². The van der Waals surface area contributed by atoms with E-state index < -0.39 is 0 Å². The number of ether oxygens (including phenoxy) is 1. The minimum atomic E-state index is 0.0274. The molecule has 1 saturated heterocycles. The van der Waals surface area contributed by atoms with Crippen molar-refractivity contribution in [2.75, 3.05) is 39.5 Å². The average Bonchev–Trinajstić information content (AvgIpc) is 2.85. The summed E-state index contributed by atoms with van der Waals surface area (Å²) < 4.78 is 10.9. The summed E-state index contributed by atoms with van der Waals surface area (Å²) in [6.07, 6.45) is 2.54. The Morgan fingerprint density at radius 1 is 1.47 bits per heavy atom. The van der Waals surface area contributed by atoms with Crippen LogP contribution in [0.1, 0.15) is 24.5 Å². The van der Waals surface area contributed by atoms with E-state index in [1.165, 1.54) is 0 Å². The van der Waals surface area contributed by atoms with E-state index in [1.54, 1.807) is 6.20 Å². The smallest absolute Gasteiger partial charge is 0.195 e. The maximum Gasteiger partial charge on any atom is 0.195 e. The van der Waals surface area contributed by atoms with Crippen LogP contribution in [0.3, 0.4) is 0 Å². The highest BCUT2D eigenvalue weighted by Gasteiger charge is 2.13. The van der Waals surface area contributed by atoms with Gasteiger partial charge in [0.15, 0.2) is 5.89 Å². The molecule has 2 rings (SSSR count). The lowest BCUT2D eigenvalue weighted by atomic mass is 10.1. The molecule has 1 unspecified atom stereocenters. The van der Waals surface area contributed by atoms with Gasteiger partial charge in [0.05, 0.1) is 26.0 Å². The monoisotopic (exact) mass is 240 g/mol. The van der Waals surface area contributed by atoms with Gasteiger partial charge in [0.1, 0.15) is 5.76 Å². The highest BCUT2D eigenvalue weighted by atomic mass is 16.5. The first-order chi connectivity index (χ1) is 8.29. The lowest BCUT2D eigenvalue weighted by Gasteiger charge is -2.25. The second-order valence-electron chi connectivity index (χ2n) is 4.44. The molecule has 1 aliphatic heterocycles. The van der Waals surface area contributed by atoms with Crippen molar-refractivity contribution in [2.24, 2.45) is 0 Å². The molecule has 1 aromatic heterocycles. The third-order valence-corrected chi connectivity index (χ3v) is 3.08. The summed E-state index contributed by atoms with van der Waals surface area (Å²) in [6, 6.07) is 0. The first kappa shape index (κ1) is 12.5. The lowest BCUT2D eigenvalue weighted by molar-refractivity contribution is 0.0377. The van der Waals surface area contributed by atoms with Crippen molar-refractivity contribution in [3.05, 3.63) is 17.8 Å². The number of aliphatic hydroxyl groups excluding tert-OH is 1. The molecular weight excluding hydrogens is 220 g/mol. The summed E-state index contributed by atoms with van der Waals surface area (Å²) in [7, 11) is 0. The molecule has 1 aliphatic rings. The van der Waals surface area contributed by atoms with Gasteiger partial charge in [-0.3, -0.25) is 4.90 Å². The van der Waals surface area contributed by atoms with Gasteiger partial charge in [0.2, 0.25) is 0 Å². The maximum atomic E-state index is 9.02. The van der Waals surface area contributed by atoms with Crippen molar-refractivity contribution >= 4 is 0 Å². The average molecular weight is 240 g/mol. The first-order valence-electron chi connectivity index (χ1n) is 6.15. The van der Waals surface area contributed by atoms with Crippen LogP contribution in [0.5, 0.6) is 0 Å². The van der Waals surface area contributed by atoms with Crippen LogP contribution in [-0.2, 0) is 11.2 Å². The molecule has 1 aromatic rings. The van der Waals surface area contributed by atoms with Crippen LogP contribution >= 0.6 is 0 Å². The fraction of sp³-hybridized carbons (Fsp3) is 0.750. The van der Waals surface area contributed by atoms with Gasteiger partial charge < -0.3 is 14.3 Å². The number of aromatic nitrogens is 1. The van der Waals surface area contributed by atoms with Crippen molar-refractivity contribution in [1.29, 1.82) is 0 Å². The van der Waals surface area contributed by atoms with Crippen LogP contribution in [0.25, 0.3) is 0 Å². The predicted molar refractivity (Wildman–Crippen MR) is 63.0 cm³/mol. The van der Waals surface area contributed by atoms with Crippen molar-refractivity contribution in [2.45, 2.75) is 19.3 Å². The topological polar surface area (TPSA) is 58.7 Å². The zero-order valence-corrected chi connectivity index (χ0v) is 10.3. The van der Waals surface area contributed by atoms with Crippen molar-refractivity contribution in [3.63, 3.8) is 0 Å². The number of oxazole rings is 1. The molecule has 0 radical (unpaired) electrons. The van der Waals surface area contributed by atoms with E-state index in [0.29, 0.717) is 0 Å². The highest BCUT2D eigenvalue weighted by Crippen LogP contribution is 2.15. The van der Waals surface area contributed by atoms with Crippen LogP contribution in [0.2, 0.25) is 0 Å². The highest BCUT2D eigenvalue weighted by molar-refractivity contribution is 5.00. The Labute approximate surface area is 101 Å². The third kappa shape index (κ3) is 3.52. The summed E-state index contributed by atoms with van der Waals surface area (Å²) in [5, 5.41) is 9.02. The molecule has 0 amide bonds. The standard InChI is InChI=1S/C12H20N2O3/c1-10(9-15)11-8-13-12(17-11)2-3-14-4-6-16-7-5-14/h8,10,15H,2-7,9H2,1H3. The number of rotatable bonds is 5. The molecule has 5 heteroatoms. The zero-order valence-electron chi connectivity index (χ0n) is 10.3. The quantitative estimate of drug-likeness (QED) is 0.818. The minimum Gasteiger partial charge on any atom is -0.445 e. The lowest BCUT2D eigenvalue weighted by Crippen LogP contribution is -2.37. The van der Waals surface area contributed by atoms with Crippen LogP contribution in [0.15, 0.2) is 10.6 Å². The minimum absolute atomic E-state index is 0.0274. The molecule has 0 spiro atoms. The van der Waals surface area contributed by atoms with Crippen molar-refractivity contribution in [1.82, 2.24) is 9.88 Å². The third-order valence-electron chi connectivity index (χ3n) is 3.08. The second kappa shape index (κ2) is 6.14. The van der Waals surface area contributed by atoms with Gasteiger partial charge in [0, 0.05) is 32.0 Å². The van der Waals surface area contributed by atoms with Crippen LogP contribution < -0.4 is 0 Å². The molecule has 5 nitrogen and oxygen atoms in total. The van der Waals surface area contributed by atoms with E-state index in [0.717, 1.165) is 50.9 Å². The Kier molecular flexibility index (Phi) is 4.53. The van der Waals surface area contributed by atoms with Gasteiger partial charge in [0.25, 0.3) is 0 Å². The number of hydrogen-bond acceptors (Lipinski definition) is 5. The van der Waals surface area contributed by atoms with Crippen molar-refractivity contribution in [3.8, 4) is 0 Å².